The van der Waals surface area contributed by atoms with Crippen LogP contribution in [-0.4, -0.2) is 47.4 Å². The van der Waals surface area contributed by atoms with E-state index in [0.717, 1.165) is 6.54 Å². The predicted molar refractivity (Wildman–Crippen MR) is 103 cm³/mol. The summed E-state index contributed by atoms with van der Waals surface area (Å²) in [5.74, 6) is -0.189. The highest BCUT2D eigenvalue weighted by Gasteiger charge is 2.57. The van der Waals surface area contributed by atoms with Crippen LogP contribution in [-0.2, 0) is 0 Å². The molecule has 1 N–H and O–H groups in total. The van der Waals surface area contributed by atoms with E-state index in [1.54, 1.807) is 32.4 Å². The zero-order chi connectivity index (χ0) is 19.0. The molecule has 1 atom stereocenters. The Labute approximate surface area is 159 Å². The van der Waals surface area contributed by atoms with Gasteiger partial charge < -0.3 is 15.1 Å². The molecular formula is C21H24N4O2. The van der Waals surface area contributed by atoms with Crippen molar-refractivity contribution in [3.8, 4) is 0 Å². The topological polar surface area (TPSA) is 65.5 Å². The normalized spacial score (nSPS) is 19.8. The molecule has 2 aromatic rings. The van der Waals surface area contributed by atoms with Gasteiger partial charge in [0.15, 0.2) is 0 Å². The highest BCUT2D eigenvalue weighted by molar-refractivity contribution is 5.95. The standard InChI is InChI=1S/C21H24N4O2/c1-24(2)19(26)17-13-16(9-12-22-17)23-20(27)25-14-21(10-6-11-21)18(25)15-7-4-3-5-8-15/h3-5,7-9,12-13,18H,6,10-11,14H2,1-2H3,(H,22,23,27). The fourth-order valence-corrected chi connectivity index (χ4v) is 4.21. The summed E-state index contributed by atoms with van der Waals surface area (Å²) in [6, 6.07) is 13.6. The van der Waals surface area contributed by atoms with E-state index in [1.807, 2.05) is 23.1 Å². The number of likely N-dealkylation sites (tertiary alicyclic amines) is 1. The number of nitrogens with one attached hydrogen (secondary N) is 1. The molecule has 1 saturated carbocycles. The summed E-state index contributed by atoms with van der Waals surface area (Å²) >= 11 is 0. The molecule has 1 aromatic carbocycles. The zero-order valence-electron chi connectivity index (χ0n) is 15.7. The largest absolute Gasteiger partial charge is 0.343 e. The molecule has 1 saturated heterocycles. The maximum atomic E-state index is 12.9. The second-order valence-corrected chi connectivity index (χ2v) is 7.72. The van der Waals surface area contributed by atoms with Crippen LogP contribution in [0.1, 0.15) is 41.4 Å². The molecule has 3 amide bonds. The van der Waals surface area contributed by atoms with Gasteiger partial charge in [-0.15, -0.1) is 0 Å². The number of carbonyl (C=O) groups is 2. The Morgan fingerprint density at radius 2 is 1.93 bits per heavy atom. The molecular weight excluding hydrogens is 340 g/mol. The van der Waals surface area contributed by atoms with Crippen molar-refractivity contribution in [2.24, 2.45) is 5.41 Å². The molecule has 6 nitrogen and oxygen atoms in total. The van der Waals surface area contributed by atoms with Gasteiger partial charge in [0.1, 0.15) is 5.69 Å². The molecule has 1 aliphatic heterocycles. The average Bonchev–Trinajstić information content (AvgIpc) is 2.60. The lowest BCUT2D eigenvalue weighted by Gasteiger charge is -2.62. The van der Waals surface area contributed by atoms with Gasteiger partial charge >= 0.3 is 6.03 Å². The van der Waals surface area contributed by atoms with Gasteiger partial charge in [-0.1, -0.05) is 36.8 Å². The van der Waals surface area contributed by atoms with E-state index in [1.165, 1.54) is 29.7 Å². The first-order chi connectivity index (χ1) is 13.0. The number of aromatic nitrogens is 1. The summed E-state index contributed by atoms with van der Waals surface area (Å²) < 4.78 is 0. The van der Waals surface area contributed by atoms with E-state index in [9.17, 15) is 9.59 Å². The lowest BCUT2D eigenvalue weighted by Crippen LogP contribution is -2.64. The molecule has 0 radical (unpaired) electrons. The lowest BCUT2D eigenvalue weighted by molar-refractivity contribution is -0.0970. The van der Waals surface area contributed by atoms with Gasteiger partial charge in [0, 0.05) is 37.9 Å². The Hall–Kier alpha value is -2.89. The van der Waals surface area contributed by atoms with Crippen LogP contribution < -0.4 is 5.32 Å². The van der Waals surface area contributed by atoms with Gasteiger partial charge in [0.05, 0.1) is 6.04 Å². The van der Waals surface area contributed by atoms with Crippen molar-refractivity contribution in [1.29, 1.82) is 0 Å². The van der Waals surface area contributed by atoms with Crippen molar-refractivity contribution in [3.63, 3.8) is 0 Å². The van der Waals surface area contributed by atoms with Gasteiger partial charge in [0.25, 0.3) is 5.91 Å². The molecule has 2 heterocycles. The van der Waals surface area contributed by atoms with E-state index < -0.39 is 0 Å². The van der Waals surface area contributed by atoms with Crippen LogP contribution in [0.2, 0.25) is 0 Å². The molecule has 4 rings (SSSR count). The first-order valence-electron chi connectivity index (χ1n) is 9.30. The molecule has 0 bridgehead atoms. The van der Waals surface area contributed by atoms with E-state index in [4.69, 9.17) is 0 Å². The van der Waals surface area contributed by atoms with Gasteiger partial charge in [-0.25, -0.2) is 4.79 Å². The third-order valence-corrected chi connectivity index (χ3v) is 5.74. The number of amides is 3. The van der Waals surface area contributed by atoms with Crippen LogP contribution in [0.5, 0.6) is 0 Å². The number of hydrogen-bond acceptors (Lipinski definition) is 3. The van der Waals surface area contributed by atoms with Crippen molar-refractivity contribution in [2.45, 2.75) is 25.3 Å². The summed E-state index contributed by atoms with van der Waals surface area (Å²) in [5.41, 5.74) is 2.33. The fraction of sp³-hybridized carbons (Fsp3) is 0.381. The second-order valence-electron chi connectivity index (χ2n) is 7.72. The number of hydrogen-bond donors (Lipinski definition) is 1. The summed E-state index contributed by atoms with van der Waals surface area (Å²) in [4.78, 5) is 32.5. The van der Waals surface area contributed by atoms with Crippen LogP contribution in [0.25, 0.3) is 0 Å². The molecule has 1 aliphatic carbocycles. The van der Waals surface area contributed by atoms with Crippen LogP contribution in [0.15, 0.2) is 48.7 Å². The van der Waals surface area contributed by atoms with Crippen molar-refractivity contribution in [1.82, 2.24) is 14.8 Å². The first kappa shape index (κ1) is 17.5. The highest BCUT2D eigenvalue weighted by atomic mass is 16.2. The Morgan fingerprint density at radius 1 is 1.19 bits per heavy atom. The van der Waals surface area contributed by atoms with E-state index in [-0.39, 0.29) is 23.4 Å². The third-order valence-electron chi connectivity index (χ3n) is 5.74. The Morgan fingerprint density at radius 3 is 2.56 bits per heavy atom. The Balaban J connectivity index is 1.52. The minimum atomic E-state index is -0.189. The molecule has 2 aliphatic rings. The predicted octanol–water partition coefficient (Wildman–Crippen LogP) is 3.54. The maximum Gasteiger partial charge on any atom is 0.322 e. The number of pyridine rings is 1. The van der Waals surface area contributed by atoms with Gasteiger partial charge in [-0.2, -0.15) is 0 Å². The van der Waals surface area contributed by atoms with Crippen LogP contribution in [0, 0.1) is 5.41 Å². The van der Waals surface area contributed by atoms with Crippen LogP contribution in [0.4, 0.5) is 10.5 Å². The average molecular weight is 364 g/mol. The van der Waals surface area contributed by atoms with Crippen molar-refractivity contribution in [3.05, 3.63) is 59.9 Å². The van der Waals surface area contributed by atoms with Crippen LogP contribution in [0.3, 0.4) is 0 Å². The molecule has 1 spiro atoms. The van der Waals surface area contributed by atoms with Crippen molar-refractivity contribution < 1.29 is 9.59 Å². The van der Waals surface area contributed by atoms with Crippen molar-refractivity contribution >= 4 is 17.6 Å². The maximum absolute atomic E-state index is 12.9. The van der Waals surface area contributed by atoms with Gasteiger partial charge in [-0.3, -0.25) is 9.78 Å². The lowest BCUT2D eigenvalue weighted by atomic mass is 9.56. The summed E-state index contributed by atoms with van der Waals surface area (Å²) in [7, 11) is 3.36. The smallest absolute Gasteiger partial charge is 0.322 e. The summed E-state index contributed by atoms with van der Waals surface area (Å²) in [5, 5.41) is 2.94. The fourth-order valence-electron chi connectivity index (χ4n) is 4.21. The number of benzene rings is 1. The first-order valence-corrected chi connectivity index (χ1v) is 9.30. The van der Waals surface area contributed by atoms with E-state index in [2.05, 4.69) is 22.4 Å². The number of nitrogens with zero attached hydrogens (tertiary/aromatic N) is 3. The zero-order valence-corrected chi connectivity index (χ0v) is 15.7. The Kier molecular flexibility index (Phi) is 4.34. The monoisotopic (exact) mass is 364 g/mol. The van der Waals surface area contributed by atoms with E-state index >= 15 is 0 Å². The third kappa shape index (κ3) is 3.05. The van der Waals surface area contributed by atoms with Gasteiger partial charge in [0.2, 0.25) is 0 Å². The molecule has 27 heavy (non-hydrogen) atoms. The molecule has 6 heteroatoms. The minimum Gasteiger partial charge on any atom is -0.343 e. The quantitative estimate of drug-likeness (QED) is 0.906. The highest BCUT2D eigenvalue weighted by Crippen LogP contribution is 2.60. The number of carbonyl (C=O) groups excluding carboxylic acids is 2. The number of rotatable bonds is 3. The van der Waals surface area contributed by atoms with Gasteiger partial charge in [-0.05, 0) is 30.5 Å². The van der Waals surface area contributed by atoms with Crippen LogP contribution >= 0.6 is 0 Å². The second kappa shape index (κ2) is 6.68. The Bertz CT molecular complexity index is 861. The summed E-state index contributed by atoms with van der Waals surface area (Å²) in [6.07, 6.45) is 5.13. The molecule has 2 fully saturated rings. The van der Waals surface area contributed by atoms with E-state index in [0.29, 0.717) is 11.4 Å². The van der Waals surface area contributed by atoms with Crippen molar-refractivity contribution in [2.75, 3.05) is 26.0 Å². The summed E-state index contributed by atoms with van der Waals surface area (Å²) in [6.45, 7) is 0.785. The SMILES string of the molecule is CN(C)C(=O)c1cc(NC(=O)N2CC3(CCC3)C2c2ccccc2)ccn1. The molecule has 1 unspecified atom stereocenters. The molecule has 1 aromatic heterocycles. The molecule has 140 valence electrons. The number of anilines is 1. The number of urea groups is 1. The minimum absolute atomic E-state index is 0.122.